The van der Waals surface area contributed by atoms with E-state index in [0.29, 0.717) is 6.61 Å². The molecule has 110 valence electrons. The number of hydrogen-bond donors (Lipinski definition) is 1. The molecule has 0 aromatic heterocycles. The van der Waals surface area contributed by atoms with Crippen molar-refractivity contribution >= 4 is 17.5 Å². The first-order valence-corrected chi connectivity index (χ1v) is 6.41. The molecule has 0 radical (unpaired) electrons. The van der Waals surface area contributed by atoms with Gasteiger partial charge in [0.2, 0.25) is 0 Å². The molecule has 0 bridgehead atoms. The van der Waals surface area contributed by atoms with E-state index in [1.54, 1.807) is 13.8 Å². The molecule has 1 aliphatic heterocycles. The minimum atomic E-state index is -0.877. The van der Waals surface area contributed by atoms with Gasteiger partial charge in [-0.05, 0) is 26.0 Å². The van der Waals surface area contributed by atoms with E-state index in [1.807, 2.05) is 0 Å². The van der Waals surface area contributed by atoms with Gasteiger partial charge in [-0.3, -0.25) is 4.79 Å². The zero-order valence-electron chi connectivity index (χ0n) is 11.0. The number of benzene rings is 1. The number of amides is 1. The van der Waals surface area contributed by atoms with Gasteiger partial charge >= 0.3 is 0 Å². The highest BCUT2D eigenvalue weighted by Gasteiger charge is 2.32. The van der Waals surface area contributed by atoms with Crippen molar-refractivity contribution in [1.82, 2.24) is 5.32 Å². The van der Waals surface area contributed by atoms with Crippen molar-refractivity contribution in [2.75, 3.05) is 13.2 Å². The highest BCUT2D eigenvalue weighted by atomic mass is 35.5. The molecule has 4 nitrogen and oxygen atoms in total. The van der Waals surface area contributed by atoms with Gasteiger partial charge in [-0.2, -0.15) is 0 Å². The van der Waals surface area contributed by atoms with Crippen molar-refractivity contribution in [3.63, 3.8) is 0 Å². The predicted octanol–water partition coefficient (Wildman–Crippen LogP) is 2.50. The van der Waals surface area contributed by atoms with Gasteiger partial charge < -0.3 is 14.8 Å². The Kier molecular flexibility index (Phi) is 4.27. The van der Waals surface area contributed by atoms with E-state index in [9.17, 15) is 13.6 Å². The monoisotopic (exact) mass is 305 g/mol. The molecule has 1 amide bonds. The van der Waals surface area contributed by atoms with Gasteiger partial charge in [0.05, 0.1) is 17.2 Å². The van der Waals surface area contributed by atoms with Gasteiger partial charge in [0.1, 0.15) is 17.7 Å². The minimum Gasteiger partial charge on any atom is -0.349 e. The molecule has 1 aromatic carbocycles. The number of nitrogens with one attached hydrogen (secondary N) is 1. The van der Waals surface area contributed by atoms with E-state index in [2.05, 4.69) is 5.32 Å². The number of rotatable bonds is 3. The average Bonchev–Trinajstić information content (AvgIpc) is 2.70. The Morgan fingerprint density at radius 1 is 1.45 bits per heavy atom. The van der Waals surface area contributed by atoms with Crippen LogP contribution >= 0.6 is 11.6 Å². The number of carbonyl (C=O) groups excluding carboxylic acids is 1. The van der Waals surface area contributed by atoms with Gasteiger partial charge in [0, 0.05) is 6.54 Å². The van der Waals surface area contributed by atoms with Crippen molar-refractivity contribution in [2.45, 2.75) is 25.7 Å². The molecular weight excluding hydrogens is 292 g/mol. The van der Waals surface area contributed by atoms with Crippen LogP contribution in [0.3, 0.4) is 0 Å². The van der Waals surface area contributed by atoms with Crippen molar-refractivity contribution < 1.29 is 23.0 Å². The van der Waals surface area contributed by atoms with E-state index >= 15 is 0 Å². The lowest BCUT2D eigenvalue weighted by molar-refractivity contribution is -0.137. The first-order chi connectivity index (χ1) is 9.28. The molecule has 2 rings (SSSR count). The third-order valence-corrected chi connectivity index (χ3v) is 3.10. The van der Waals surface area contributed by atoms with Crippen LogP contribution in [0.2, 0.25) is 5.02 Å². The molecule has 1 fully saturated rings. The second-order valence-corrected chi connectivity index (χ2v) is 5.31. The summed E-state index contributed by atoms with van der Waals surface area (Å²) in [6.07, 6.45) is -0.325. The Bertz CT molecular complexity index is 537. The molecule has 20 heavy (non-hydrogen) atoms. The molecule has 1 saturated heterocycles. The predicted molar refractivity (Wildman–Crippen MR) is 68.6 cm³/mol. The maximum Gasteiger partial charge on any atom is 0.254 e. The molecule has 1 unspecified atom stereocenters. The maximum atomic E-state index is 13.5. The van der Waals surface area contributed by atoms with E-state index in [4.69, 9.17) is 21.1 Å². The van der Waals surface area contributed by atoms with Crippen molar-refractivity contribution in [3.05, 3.63) is 34.4 Å². The summed E-state index contributed by atoms with van der Waals surface area (Å²) in [6.45, 7) is 3.98. The lowest BCUT2D eigenvalue weighted by Crippen LogP contribution is -2.34. The summed E-state index contributed by atoms with van der Waals surface area (Å²) in [5.74, 6) is -3.16. The van der Waals surface area contributed by atoms with Crippen LogP contribution in [0.1, 0.15) is 24.2 Å². The van der Waals surface area contributed by atoms with Crippen LogP contribution < -0.4 is 5.32 Å². The van der Waals surface area contributed by atoms with Gasteiger partial charge in [-0.15, -0.1) is 0 Å². The number of carbonyl (C=O) groups is 1. The molecule has 7 heteroatoms. The van der Waals surface area contributed by atoms with Crippen molar-refractivity contribution in [3.8, 4) is 0 Å². The van der Waals surface area contributed by atoms with Crippen LogP contribution in [-0.4, -0.2) is 30.9 Å². The second kappa shape index (κ2) is 5.63. The standard InChI is InChI=1S/C13H14ClF2NO3/c1-13(2)19-6-7(20-13)5-17-12(18)8-3-11(16)9(14)4-10(8)15/h3-4,7H,5-6H2,1-2H3,(H,17,18). The van der Waals surface area contributed by atoms with E-state index < -0.39 is 28.9 Å². The summed E-state index contributed by atoms with van der Waals surface area (Å²) >= 11 is 5.42. The van der Waals surface area contributed by atoms with Gasteiger partial charge in [0.25, 0.3) is 5.91 Å². The highest BCUT2D eigenvalue weighted by molar-refractivity contribution is 6.30. The van der Waals surface area contributed by atoms with E-state index in [1.165, 1.54) is 0 Å². The Morgan fingerprint density at radius 2 is 2.15 bits per heavy atom. The molecule has 1 heterocycles. The summed E-state index contributed by atoms with van der Waals surface area (Å²) in [6, 6.07) is 1.53. The Labute approximate surface area is 120 Å². The summed E-state index contributed by atoms with van der Waals surface area (Å²) in [5.41, 5.74) is -0.398. The molecule has 1 N–H and O–H groups in total. The Morgan fingerprint density at radius 3 is 2.75 bits per heavy atom. The Balaban J connectivity index is 1.98. The lowest BCUT2D eigenvalue weighted by Gasteiger charge is -2.17. The topological polar surface area (TPSA) is 47.6 Å². The SMILES string of the molecule is CC1(C)OCC(CNC(=O)c2cc(F)c(Cl)cc2F)O1. The van der Waals surface area contributed by atoms with E-state index in [-0.39, 0.29) is 17.7 Å². The molecular formula is C13H14ClF2NO3. The number of hydrogen-bond acceptors (Lipinski definition) is 3. The molecule has 1 aromatic rings. The Hall–Kier alpha value is -1.24. The first-order valence-electron chi connectivity index (χ1n) is 6.03. The van der Waals surface area contributed by atoms with Crippen LogP contribution in [-0.2, 0) is 9.47 Å². The van der Waals surface area contributed by atoms with Gasteiger partial charge in [-0.1, -0.05) is 11.6 Å². The summed E-state index contributed by atoms with van der Waals surface area (Å²) in [4.78, 5) is 11.8. The van der Waals surface area contributed by atoms with Crippen LogP contribution in [0, 0.1) is 11.6 Å². The van der Waals surface area contributed by atoms with Crippen LogP contribution in [0.4, 0.5) is 8.78 Å². The fraction of sp³-hybridized carbons (Fsp3) is 0.462. The molecule has 1 atom stereocenters. The smallest absolute Gasteiger partial charge is 0.254 e. The third-order valence-electron chi connectivity index (χ3n) is 2.81. The van der Waals surface area contributed by atoms with Crippen LogP contribution in [0.5, 0.6) is 0 Å². The zero-order valence-corrected chi connectivity index (χ0v) is 11.8. The van der Waals surface area contributed by atoms with Gasteiger partial charge in [0.15, 0.2) is 5.79 Å². The molecule has 0 saturated carbocycles. The average molecular weight is 306 g/mol. The molecule has 0 aliphatic carbocycles. The molecule has 1 aliphatic rings. The van der Waals surface area contributed by atoms with Crippen molar-refractivity contribution in [2.24, 2.45) is 0 Å². The minimum absolute atomic E-state index is 0.145. The van der Waals surface area contributed by atoms with E-state index in [0.717, 1.165) is 12.1 Å². The zero-order chi connectivity index (χ0) is 14.9. The summed E-state index contributed by atoms with van der Waals surface area (Å²) in [5, 5.41) is 2.11. The van der Waals surface area contributed by atoms with Crippen molar-refractivity contribution in [1.29, 1.82) is 0 Å². The highest BCUT2D eigenvalue weighted by Crippen LogP contribution is 2.22. The third kappa shape index (κ3) is 3.45. The number of halogens is 3. The normalized spacial score (nSPS) is 20.9. The summed E-state index contributed by atoms with van der Waals surface area (Å²) < 4.78 is 37.6. The maximum absolute atomic E-state index is 13.5. The quantitative estimate of drug-likeness (QED) is 0.873. The summed E-state index contributed by atoms with van der Waals surface area (Å²) in [7, 11) is 0. The second-order valence-electron chi connectivity index (χ2n) is 4.91. The van der Waals surface area contributed by atoms with Crippen LogP contribution in [0.15, 0.2) is 12.1 Å². The molecule has 0 spiro atoms. The van der Waals surface area contributed by atoms with Gasteiger partial charge in [-0.25, -0.2) is 8.78 Å². The fourth-order valence-corrected chi connectivity index (χ4v) is 2.01. The largest absolute Gasteiger partial charge is 0.349 e. The number of ether oxygens (including phenoxy) is 2. The fourth-order valence-electron chi connectivity index (χ4n) is 1.86. The lowest BCUT2D eigenvalue weighted by atomic mass is 10.2. The van der Waals surface area contributed by atoms with Crippen LogP contribution in [0.25, 0.3) is 0 Å². The first kappa shape index (κ1) is 15.2.